The van der Waals surface area contributed by atoms with Gasteiger partial charge in [-0.15, -0.1) is 0 Å². The summed E-state index contributed by atoms with van der Waals surface area (Å²) in [5.74, 6) is -0.0487. The van der Waals surface area contributed by atoms with E-state index in [1.807, 2.05) is 6.07 Å². The second-order valence-corrected chi connectivity index (χ2v) is 7.75. The molecule has 2 heterocycles. The molecule has 1 saturated heterocycles. The predicted molar refractivity (Wildman–Crippen MR) is 106 cm³/mol. The van der Waals surface area contributed by atoms with Crippen LogP contribution >= 0.6 is 11.6 Å². The van der Waals surface area contributed by atoms with E-state index in [9.17, 15) is 4.79 Å². The highest BCUT2D eigenvalue weighted by atomic mass is 35.5. The number of carbonyl (C=O) groups excluding carboxylic acids is 1. The van der Waals surface area contributed by atoms with E-state index in [0.29, 0.717) is 16.8 Å². The van der Waals surface area contributed by atoms with Crippen molar-refractivity contribution in [2.24, 2.45) is 0 Å². The maximum Gasteiger partial charge on any atom is 0.254 e. The van der Waals surface area contributed by atoms with E-state index in [1.54, 1.807) is 0 Å². The molecule has 1 aliphatic carbocycles. The summed E-state index contributed by atoms with van der Waals surface area (Å²) in [6.45, 7) is 3.16. The van der Waals surface area contributed by atoms with Gasteiger partial charge in [-0.25, -0.2) is 0 Å². The Balaban J connectivity index is 1.66. The van der Waals surface area contributed by atoms with Crippen LogP contribution in [0.25, 0.3) is 11.3 Å². The summed E-state index contributed by atoms with van der Waals surface area (Å²) in [6, 6.07) is 8.90. The molecule has 1 aliphatic heterocycles. The molecule has 4 rings (SSSR count). The number of nitrogens with one attached hydrogen (secondary N) is 3. The molecule has 1 fully saturated rings. The van der Waals surface area contributed by atoms with Gasteiger partial charge in [0.05, 0.1) is 11.3 Å². The third-order valence-corrected chi connectivity index (χ3v) is 6.07. The van der Waals surface area contributed by atoms with Gasteiger partial charge in [0.1, 0.15) is 5.15 Å². The van der Waals surface area contributed by atoms with Crippen LogP contribution in [-0.2, 0) is 12.8 Å². The van der Waals surface area contributed by atoms with Crippen LogP contribution in [0.5, 0.6) is 0 Å². The van der Waals surface area contributed by atoms with Gasteiger partial charge in [0.2, 0.25) is 0 Å². The quantitative estimate of drug-likeness (QED) is 0.758. The molecular formula is C21H26ClN3O. The van der Waals surface area contributed by atoms with E-state index < -0.39 is 0 Å². The Morgan fingerprint density at radius 3 is 2.92 bits per heavy atom. The number of H-pyrrole nitrogens is 1. The first-order valence-corrected chi connectivity index (χ1v) is 10.1. The van der Waals surface area contributed by atoms with E-state index >= 15 is 0 Å². The highest BCUT2D eigenvalue weighted by Gasteiger charge is 2.29. The van der Waals surface area contributed by atoms with Crippen molar-refractivity contribution in [3.05, 3.63) is 46.1 Å². The lowest BCUT2D eigenvalue weighted by Crippen LogP contribution is -2.47. The van der Waals surface area contributed by atoms with E-state index in [4.69, 9.17) is 11.6 Å². The third kappa shape index (κ3) is 3.17. The molecule has 0 bridgehead atoms. The summed E-state index contributed by atoms with van der Waals surface area (Å²) < 4.78 is 0. The molecule has 2 unspecified atom stereocenters. The minimum absolute atomic E-state index is 0.0487. The second kappa shape index (κ2) is 7.45. The van der Waals surface area contributed by atoms with Crippen molar-refractivity contribution in [2.45, 2.75) is 57.5 Å². The molecule has 2 atom stereocenters. The molecule has 4 nitrogen and oxygen atoms in total. The first kappa shape index (κ1) is 17.6. The number of aromatic amines is 1. The maximum atomic E-state index is 13.1. The molecular weight excluding hydrogens is 346 g/mol. The van der Waals surface area contributed by atoms with Crippen LogP contribution in [-0.4, -0.2) is 29.5 Å². The molecule has 0 saturated carbocycles. The Bertz CT molecular complexity index is 808. The number of rotatable bonds is 4. The summed E-state index contributed by atoms with van der Waals surface area (Å²) in [5, 5.41) is 7.20. The van der Waals surface area contributed by atoms with Crippen LogP contribution in [0.1, 0.15) is 54.1 Å². The van der Waals surface area contributed by atoms with E-state index in [-0.39, 0.29) is 11.9 Å². The molecule has 1 aromatic heterocycles. The Labute approximate surface area is 159 Å². The van der Waals surface area contributed by atoms with E-state index in [1.165, 1.54) is 17.5 Å². The lowest BCUT2D eigenvalue weighted by Gasteiger charge is -2.24. The zero-order chi connectivity index (χ0) is 18.1. The van der Waals surface area contributed by atoms with Crippen molar-refractivity contribution in [2.75, 3.05) is 6.54 Å². The highest BCUT2D eigenvalue weighted by Crippen LogP contribution is 2.37. The fraction of sp³-hybridized carbons (Fsp3) is 0.476. The Kier molecular flexibility index (Phi) is 5.05. The topological polar surface area (TPSA) is 56.9 Å². The summed E-state index contributed by atoms with van der Waals surface area (Å²) in [5.41, 5.74) is 5.20. The second-order valence-electron chi connectivity index (χ2n) is 7.37. The first-order chi connectivity index (χ1) is 12.7. The molecule has 138 valence electrons. The van der Waals surface area contributed by atoms with Crippen LogP contribution in [0.2, 0.25) is 5.15 Å². The van der Waals surface area contributed by atoms with Gasteiger partial charge in [-0.05, 0) is 56.2 Å². The van der Waals surface area contributed by atoms with Gasteiger partial charge in [-0.3, -0.25) is 4.79 Å². The molecule has 0 radical (unpaired) electrons. The van der Waals surface area contributed by atoms with Gasteiger partial charge in [-0.2, -0.15) is 0 Å². The normalized spacial score (nSPS) is 20.2. The number of carbonyl (C=O) groups is 1. The van der Waals surface area contributed by atoms with Crippen LogP contribution in [0.15, 0.2) is 24.3 Å². The molecule has 26 heavy (non-hydrogen) atoms. The van der Waals surface area contributed by atoms with E-state index in [0.717, 1.165) is 49.9 Å². The number of amides is 1. The molecule has 2 aliphatic rings. The smallest absolute Gasteiger partial charge is 0.254 e. The zero-order valence-corrected chi connectivity index (χ0v) is 16.0. The van der Waals surface area contributed by atoms with E-state index in [2.05, 4.69) is 40.7 Å². The summed E-state index contributed by atoms with van der Waals surface area (Å²) in [6.07, 6.45) is 6.13. The van der Waals surface area contributed by atoms with Crippen LogP contribution in [0, 0.1) is 0 Å². The van der Waals surface area contributed by atoms with Crippen molar-refractivity contribution < 1.29 is 4.79 Å². The molecule has 0 spiro atoms. The van der Waals surface area contributed by atoms with Crippen LogP contribution < -0.4 is 10.6 Å². The SMILES string of the molecule is CCC(NC(=O)c1c(Cl)[nH]c2c1CCCc1ccccc1-2)C1CCCN1. The van der Waals surface area contributed by atoms with Crippen molar-refractivity contribution >= 4 is 17.5 Å². The van der Waals surface area contributed by atoms with Crippen LogP contribution in [0.3, 0.4) is 0 Å². The molecule has 3 N–H and O–H groups in total. The minimum atomic E-state index is -0.0487. The maximum absolute atomic E-state index is 13.1. The Morgan fingerprint density at radius 2 is 2.15 bits per heavy atom. The lowest BCUT2D eigenvalue weighted by molar-refractivity contribution is 0.0927. The van der Waals surface area contributed by atoms with Crippen molar-refractivity contribution in [3.8, 4) is 11.3 Å². The molecule has 5 heteroatoms. The minimum Gasteiger partial charge on any atom is -0.348 e. The Hall–Kier alpha value is -1.78. The van der Waals surface area contributed by atoms with Gasteiger partial charge in [0, 0.05) is 17.6 Å². The molecule has 1 aromatic carbocycles. The molecule has 1 amide bonds. The third-order valence-electron chi connectivity index (χ3n) is 5.78. The number of hydrogen-bond donors (Lipinski definition) is 3. The number of aryl methyl sites for hydroxylation is 1. The lowest BCUT2D eigenvalue weighted by atomic mass is 10.0. The summed E-state index contributed by atoms with van der Waals surface area (Å²) in [4.78, 5) is 16.4. The number of fused-ring (bicyclic) bond motifs is 3. The van der Waals surface area contributed by atoms with Gasteiger partial charge in [0.15, 0.2) is 0 Å². The zero-order valence-electron chi connectivity index (χ0n) is 15.2. The van der Waals surface area contributed by atoms with Gasteiger partial charge < -0.3 is 15.6 Å². The number of aromatic nitrogens is 1. The number of halogens is 1. The van der Waals surface area contributed by atoms with Crippen LogP contribution in [0.4, 0.5) is 0 Å². The fourth-order valence-corrected chi connectivity index (χ4v) is 4.74. The largest absolute Gasteiger partial charge is 0.348 e. The average molecular weight is 372 g/mol. The summed E-state index contributed by atoms with van der Waals surface area (Å²) in [7, 11) is 0. The van der Waals surface area contributed by atoms with Gasteiger partial charge in [0.25, 0.3) is 5.91 Å². The van der Waals surface area contributed by atoms with Gasteiger partial charge >= 0.3 is 0 Å². The van der Waals surface area contributed by atoms with Gasteiger partial charge in [-0.1, -0.05) is 42.8 Å². The Morgan fingerprint density at radius 1 is 1.31 bits per heavy atom. The van der Waals surface area contributed by atoms with Crippen molar-refractivity contribution in [3.63, 3.8) is 0 Å². The molecule has 2 aromatic rings. The number of benzene rings is 1. The number of hydrogen-bond acceptors (Lipinski definition) is 2. The van der Waals surface area contributed by atoms with Crippen molar-refractivity contribution in [1.29, 1.82) is 0 Å². The fourth-order valence-electron chi connectivity index (χ4n) is 4.44. The first-order valence-electron chi connectivity index (χ1n) is 9.72. The highest BCUT2D eigenvalue weighted by molar-refractivity contribution is 6.33. The predicted octanol–water partition coefficient (Wildman–Crippen LogP) is 4.08. The standard InChI is InChI=1S/C21H26ClN3O/c1-2-16(17-11-6-12-23-17)24-21(26)18-15-10-5-8-13-7-3-4-9-14(13)19(15)25-20(18)22/h3-4,7,9,16-17,23,25H,2,5-6,8,10-12H2,1H3,(H,24,26). The monoisotopic (exact) mass is 371 g/mol. The average Bonchev–Trinajstić information content (AvgIpc) is 3.24. The van der Waals surface area contributed by atoms with Crippen molar-refractivity contribution in [1.82, 2.24) is 15.6 Å². The summed E-state index contributed by atoms with van der Waals surface area (Å²) >= 11 is 6.50.